The van der Waals surface area contributed by atoms with Gasteiger partial charge in [-0.1, -0.05) is 84.9 Å². The Kier molecular flexibility index (Phi) is 5.12. The van der Waals surface area contributed by atoms with Crippen LogP contribution in [0.25, 0.3) is 54.9 Å². The van der Waals surface area contributed by atoms with Crippen molar-refractivity contribution in [3.05, 3.63) is 126 Å². The van der Waals surface area contributed by atoms with Crippen molar-refractivity contribution in [2.45, 2.75) is 13.8 Å². The fraction of sp³-hybridized carbons (Fsp3) is 0.0588. The number of phenolic OH excluding ortho intramolecular Hbond substituents is 1. The number of aryl methyl sites for hydroxylation is 2. The summed E-state index contributed by atoms with van der Waals surface area (Å²) in [6, 6.07) is 40.5. The van der Waals surface area contributed by atoms with Crippen molar-refractivity contribution in [3.63, 3.8) is 0 Å². The Morgan fingerprint density at radius 2 is 0.829 bits per heavy atom. The Labute approximate surface area is 205 Å². The molecule has 6 aromatic rings. The van der Waals surface area contributed by atoms with Gasteiger partial charge in [0, 0.05) is 0 Å². The predicted octanol–water partition coefficient (Wildman–Crippen LogP) is 9.32. The van der Waals surface area contributed by atoms with Crippen molar-refractivity contribution in [2.75, 3.05) is 0 Å². The molecule has 1 nitrogen and oxygen atoms in total. The molecule has 1 N–H and O–H groups in total. The summed E-state index contributed by atoms with van der Waals surface area (Å²) in [5.41, 5.74) is 9.60. The van der Waals surface area contributed by atoms with Crippen LogP contribution in [0.15, 0.2) is 115 Å². The zero-order chi connectivity index (χ0) is 23.9. The van der Waals surface area contributed by atoms with Crippen LogP contribution in [0.2, 0.25) is 0 Å². The monoisotopic (exact) mass is 450 g/mol. The molecule has 0 radical (unpaired) electrons. The lowest BCUT2D eigenvalue weighted by atomic mass is 9.88. The van der Waals surface area contributed by atoms with Crippen molar-refractivity contribution in [3.8, 4) is 39.1 Å². The third-order valence-corrected chi connectivity index (χ3v) is 7.04. The first-order valence-corrected chi connectivity index (χ1v) is 12.0. The van der Waals surface area contributed by atoms with Gasteiger partial charge in [-0.25, -0.2) is 0 Å². The van der Waals surface area contributed by atoms with E-state index in [1.807, 2.05) is 12.1 Å². The highest BCUT2D eigenvalue weighted by atomic mass is 16.3. The lowest BCUT2D eigenvalue weighted by Gasteiger charge is -2.15. The van der Waals surface area contributed by atoms with Crippen molar-refractivity contribution in [1.29, 1.82) is 0 Å². The topological polar surface area (TPSA) is 20.2 Å². The number of fused-ring (bicyclic) bond motifs is 2. The quantitative estimate of drug-likeness (QED) is 0.285. The fourth-order valence-electron chi connectivity index (χ4n) is 5.16. The molecule has 0 unspecified atom stereocenters. The maximum atomic E-state index is 9.86. The van der Waals surface area contributed by atoms with Gasteiger partial charge in [0.2, 0.25) is 0 Å². The molecule has 35 heavy (non-hydrogen) atoms. The summed E-state index contributed by atoms with van der Waals surface area (Å²) < 4.78 is 0. The minimum absolute atomic E-state index is 0.277. The number of phenols is 1. The maximum Gasteiger partial charge on any atom is 0.115 e. The van der Waals surface area contributed by atoms with Crippen LogP contribution in [0.4, 0.5) is 0 Å². The summed E-state index contributed by atoms with van der Waals surface area (Å²) >= 11 is 0. The molecular formula is C34H26O. The first-order chi connectivity index (χ1) is 17.1. The molecule has 0 aliphatic carbocycles. The third kappa shape index (κ3) is 3.76. The molecular weight excluding hydrogens is 424 g/mol. The molecule has 0 aliphatic rings. The molecule has 6 aromatic carbocycles. The Bertz CT molecular complexity index is 1600. The second kappa shape index (κ2) is 8.45. The third-order valence-electron chi connectivity index (χ3n) is 7.04. The van der Waals surface area contributed by atoms with Gasteiger partial charge in [0.1, 0.15) is 5.75 Å². The normalized spacial score (nSPS) is 11.3. The number of aromatic hydroxyl groups is 1. The summed E-state index contributed by atoms with van der Waals surface area (Å²) in [7, 11) is 0. The zero-order valence-electron chi connectivity index (χ0n) is 19.9. The molecule has 0 saturated carbocycles. The van der Waals surface area contributed by atoms with Gasteiger partial charge in [0.25, 0.3) is 0 Å². The van der Waals surface area contributed by atoms with Gasteiger partial charge in [0.15, 0.2) is 0 Å². The van der Waals surface area contributed by atoms with Gasteiger partial charge < -0.3 is 5.11 Å². The lowest BCUT2D eigenvalue weighted by molar-refractivity contribution is 0.475. The highest BCUT2D eigenvalue weighted by Crippen LogP contribution is 2.39. The van der Waals surface area contributed by atoms with Crippen LogP contribution >= 0.6 is 0 Å². The molecule has 0 bridgehead atoms. The summed E-state index contributed by atoms with van der Waals surface area (Å²) in [5.74, 6) is 0.277. The SMILES string of the molecule is Cc1ccc(-c2cc(-c3ccc(O)cc3)cc(-c3ccc(C)c4ccccc34)c2)c2ccccc12. The molecule has 0 aromatic heterocycles. The van der Waals surface area contributed by atoms with E-state index in [2.05, 4.69) is 105 Å². The number of rotatable bonds is 3. The van der Waals surface area contributed by atoms with E-state index >= 15 is 0 Å². The molecule has 168 valence electrons. The average Bonchev–Trinajstić information content (AvgIpc) is 2.90. The van der Waals surface area contributed by atoms with Crippen LogP contribution in [-0.4, -0.2) is 5.11 Å². The van der Waals surface area contributed by atoms with Crippen molar-refractivity contribution in [1.82, 2.24) is 0 Å². The molecule has 6 rings (SSSR count). The van der Waals surface area contributed by atoms with E-state index in [1.165, 1.54) is 54.9 Å². The van der Waals surface area contributed by atoms with E-state index in [-0.39, 0.29) is 5.75 Å². The highest BCUT2D eigenvalue weighted by molar-refractivity contribution is 6.02. The fourth-order valence-corrected chi connectivity index (χ4v) is 5.16. The van der Waals surface area contributed by atoms with Crippen LogP contribution in [0.1, 0.15) is 11.1 Å². The van der Waals surface area contributed by atoms with E-state index in [0.29, 0.717) is 0 Å². The van der Waals surface area contributed by atoms with Crippen LogP contribution in [0.3, 0.4) is 0 Å². The van der Waals surface area contributed by atoms with Gasteiger partial charge in [-0.3, -0.25) is 0 Å². The van der Waals surface area contributed by atoms with Crippen LogP contribution in [0, 0.1) is 13.8 Å². The Hall–Kier alpha value is -4.36. The second-order valence-corrected chi connectivity index (χ2v) is 9.30. The molecule has 0 heterocycles. The maximum absolute atomic E-state index is 9.86. The smallest absolute Gasteiger partial charge is 0.115 e. The minimum Gasteiger partial charge on any atom is -0.508 e. The van der Waals surface area contributed by atoms with E-state index in [4.69, 9.17) is 0 Å². The number of hydrogen-bond donors (Lipinski definition) is 1. The van der Waals surface area contributed by atoms with Gasteiger partial charge in [0.05, 0.1) is 0 Å². The molecule has 0 atom stereocenters. The molecule has 0 saturated heterocycles. The van der Waals surface area contributed by atoms with Crippen LogP contribution in [0.5, 0.6) is 5.75 Å². The first kappa shape index (κ1) is 21.2. The zero-order valence-corrected chi connectivity index (χ0v) is 19.9. The van der Waals surface area contributed by atoms with Gasteiger partial charge in [-0.15, -0.1) is 0 Å². The summed E-state index contributed by atoms with van der Waals surface area (Å²) in [5, 5.41) is 14.9. The first-order valence-electron chi connectivity index (χ1n) is 12.0. The molecule has 1 heteroatoms. The predicted molar refractivity (Wildman–Crippen MR) is 149 cm³/mol. The van der Waals surface area contributed by atoms with Crippen LogP contribution in [-0.2, 0) is 0 Å². The van der Waals surface area contributed by atoms with E-state index in [1.54, 1.807) is 12.1 Å². The standard InChI is InChI=1S/C34H26O/c1-22-11-17-31(33-9-5-3-7-29(22)33)26-19-25(24-13-15-28(35)16-14-24)20-27(21-26)32-18-12-23(2)30-8-4-6-10-34(30)32/h3-21,35H,1-2H3. The van der Waals surface area contributed by atoms with Crippen LogP contribution < -0.4 is 0 Å². The lowest BCUT2D eigenvalue weighted by Crippen LogP contribution is -1.90. The molecule has 0 amide bonds. The minimum atomic E-state index is 0.277. The van der Waals surface area contributed by atoms with E-state index < -0.39 is 0 Å². The van der Waals surface area contributed by atoms with E-state index in [0.717, 1.165) is 11.1 Å². The summed E-state index contributed by atoms with van der Waals surface area (Å²) in [6.45, 7) is 4.34. The number of hydrogen-bond acceptors (Lipinski definition) is 1. The van der Waals surface area contributed by atoms with E-state index in [9.17, 15) is 5.11 Å². The second-order valence-electron chi connectivity index (χ2n) is 9.30. The number of benzene rings is 6. The summed E-state index contributed by atoms with van der Waals surface area (Å²) in [4.78, 5) is 0. The molecule has 0 fully saturated rings. The molecule has 0 spiro atoms. The summed E-state index contributed by atoms with van der Waals surface area (Å²) in [6.07, 6.45) is 0. The Morgan fingerprint density at radius 3 is 1.31 bits per heavy atom. The van der Waals surface area contributed by atoms with Crippen molar-refractivity contribution >= 4 is 21.5 Å². The van der Waals surface area contributed by atoms with Crippen molar-refractivity contribution in [2.24, 2.45) is 0 Å². The Morgan fingerprint density at radius 1 is 0.400 bits per heavy atom. The average molecular weight is 451 g/mol. The molecule has 0 aliphatic heterocycles. The van der Waals surface area contributed by atoms with Gasteiger partial charge >= 0.3 is 0 Å². The van der Waals surface area contributed by atoms with Gasteiger partial charge in [-0.05, 0) is 110 Å². The van der Waals surface area contributed by atoms with Crippen molar-refractivity contribution < 1.29 is 5.11 Å². The largest absolute Gasteiger partial charge is 0.508 e. The Balaban J connectivity index is 1.66. The highest BCUT2D eigenvalue weighted by Gasteiger charge is 2.13. The van der Waals surface area contributed by atoms with Gasteiger partial charge in [-0.2, -0.15) is 0 Å².